The molecule has 7 aromatic rings. The number of piperazine rings is 1. The first kappa shape index (κ1) is 54.5. The van der Waals surface area contributed by atoms with Crippen molar-refractivity contribution < 1.29 is 41.7 Å². The fourth-order valence-electron chi connectivity index (χ4n) is 12.5. The van der Waals surface area contributed by atoms with Crippen molar-refractivity contribution in [3.05, 3.63) is 85.2 Å². The van der Waals surface area contributed by atoms with Crippen molar-refractivity contribution in [3.63, 3.8) is 0 Å². The molecule has 14 rings (SSSR count). The zero-order valence-electron chi connectivity index (χ0n) is 46.4. The topological polar surface area (TPSA) is 219 Å². The highest BCUT2D eigenvalue weighted by Gasteiger charge is 2.42. The van der Waals surface area contributed by atoms with Gasteiger partial charge in [-0.05, 0) is 118 Å². The van der Waals surface area contributed by atoms with Gasteiger partial charge in [-0.15, -0.1) is 0 Å². The maximum atomic E-state index is 13.4. The van der Waals surface area contributed by atoms with E-state index in [1.807, 2.05) is 54.7 Å². The molecule has 25 heteroatoms. The number of halogens is 3. The molecule has 22 nitrogen and oxygen atoms in total. The summed E-state index contributed by atoms with van der Waals surface area (Å²) < 4.78 is 67.0. The Morgan fingerprint density at radius 1 is 0.590 bits per heavy atom. The number of morpholine rings is 2. The van der Waals surface area contributed by atoms with Gasteiger partial charge in [0.2, 0.25) is 0 Å². The fraction of sp³-hybridized carbons (Fsp3) is 0.483. The molecule has 1 saturated carbocycles. The van der Waals surface area contributed by atoms with Gasteiger partial charge >= 0.3 is 18.2 Å². The van der Waals surface area contributed by atoms with Crippen LogP contribution in [0.5, 0.6) is 0 Å². The van der Waals surface area contributed by atoms with Gasteiger partial charge in [0.25, 0.3) is 0 Å². The first-order valence-electron chi connectivity index (χ1n) is 28.7. The highest BCUT2D eigenvalue weighted by atomic mass is 19.4. The summed E-state index contributed by atoms with van der Waals surface area (Å²) in [6, 6.07) is 21.8. The van der Waals surface area contributed by atoms with E-state index in [1.54, 1.807) is 31.3 Å². The van der Waals surface area contributed by atoms with E-state index in [1.165, 1.54) is 6.20 Å². The fourth-order valence-corrected chi connectivity index (χ4v) is 12.5. The number of urea groups is 2. The molecule has 4 atom stereocenters. The molecule has 7 fully saturated rings. The molecule has 83 heavy (non-hydrogen) atoms. The number of ether oxygens (including phenoxy) is 4. The van der Waals surface area contributed by atoms with Gasteiger partial charge in [-0.2, -0.15) is 23.4 Å². The van der Waals surface area contributed by atoms with Crippen molar-refractivity contribution in [1.29, 1.82) is 0 Å². The average Bonchev–Trinajstić information content (AvgIpc) is 4.53. The number of carbonyl (C=O) groups excluding carboxylic acids is 2. The van der Waals surface area contributed by atoms with Crippen molar-refractivity contribution in [2.75, 3.05) is 110 Å². The van der Waals surface area contributed by atoms with Crippen molar-refractivity contribution in [3.8, 4) is 22.8 Å². The molecule has 4 N–H and O–H groups in total. The SMILES string of the molecule is CN1CCN(c2ccc(NC(=O)Nc3ccc(-c4nc(N5C[C@H]6CC[C@@H](C5)O6)c5cnn(CC(F)(F)F)c5n4)cc3)cc2)CC1.CNC(=O)Nc1ccc(-c2nc(N3C[C@H]4CC[C@@H](C3)O4)c3cnn(C4CCC5(CC4)OCCO5)c3n2)cc1. The van der Waals surface area contributed by atoms with E-state index in [0.29, 0.717) is 66.0 Å². The number of anilines is 6. The predicted molar refractivity (Wildman–Crippen MR) is 307 cm³/mol. The summed E-state index contributed by atoms with van der Waals surface area (Å²) in [5.74, 6) is 1.97. The van der Waals surface area contributed by atoms with Crippen molar-refractivity contribution in [2.45, 2.75) is 100 Å². The number of hydrogen-bond donors (Lipinski definition) is 4. The number of carbonyl (C=O) groups is 2. The van der Waals surface area contributed by atoms with Crippen molar-refractivity contribution >= 4 is 68.5 Å². The molecular formula is C58H67F3N16O6. The van der Waals surface area contributed by atoms with E-state index < -0.39 is 24.5 Å². The monoisotopic (exact) mass is 1140 g/mol. The number of likely N-dealkylation sites (N-methyl/N-ethyl adjacent to an activating group) is 1. The van der Waals surface area contributed by atoms with Gasteiger partial charge in [0.15, 0.2) is 28.7 Å². The maximum absolute atomic E-state index is 13.4. The molecule has 4 amide bonds. The number of aromatic nitrogens is 8. The molecule has 1 spiro atoms. The molecule has 6 saturated heterocycles. The lowest BCUT2D eigenvalue weighted by atomic mass is 9.90. The third-order valence-electron chi connectivity index (χ3n) is 16.8. The normalized spacial score (nSPS) is 22.5. The number of fused-ring (bicyclic) bond motifs is 6. The van der Waals surface area contributed by atoms with Crippen LogP contribution in [-0.2, 0) is 25.5 Å². The third-order valence-corrected chi connectivity index (χ3v) is 16.8. The van der Waals surface area contributed by atoms with E-state index in [4.69, 9.17) is 39.0 Å². The number of benzene rings is 3. The van der Waals surface area contributed by atoms with Crippen LogP contribution in [-0.4, -0.2) is 173 Å². The Kier molecular flexibility index (Phi) is 15.0. The summed E-state index contributed by atoms with van der Waals surface area (Å²) in [5.41, 5.74) is 5.49. The summed E-state index contributed by atoms with van der Waals surface area (Å²) in [6.45, 7) is 6.90. The van der Waals surface area contributed by atoms with Crippen LogP contribution in [0.2, 0.25) is 0 Å². The van der Waals surface area contributed by atoms with Gasteiger partial charge in [0, 0.05) is 106 Å². The first-order chi connectivity index (χ1) is 40.3. The Hall–Kier alpha value is -7.71. The van der Waals surface area contributed by atoms with Gasteiger partial charge in [-0.25, -0.2) is 38.9 Å². The lowest BCUT2D eigenvalue weighted by Crippen LogP contribution is -2.44. The number of rotatable bonds is 10. The van der Waals surface area contributed by atoms with E-state index in [2.05, 4.69) is 62.7 Å². The van der Waals surface area contributed by atoms with Crippen LogP contribution >= 0.6 is 0 Å². The zero-order chi connectivity index (χ0) is 56.8. The second-order valence-corrected chi connectivity index (χ2v) is 22.6. The summed E-state index contributed by atoms with van der Waals surface area (Å²) in [6.07, 6.45) is 7.13. The summed E-state index contributed by atoms with van der Waals surface area (Å²) in [7, 11) is 3.71. The predicted octanol–water partition coefficient (Wildman–Crippen LogP) is 8.29. The standard InChI is InChI=1S/C31H34F3N9O2.C27H33N7O4/c1-40-12-14-41(15-13-40)23-8-6-22(7-9-23)37-30(44)36-21-4-2-20(3-5-21)27-38-28(42-17-24-10-11-25(18-42)45-24)26-16-35-43(29(26)39-27)19-31(32,33)34;1-28-26(35)30-18-4-2-17(3-5-18)23-31-24(33-15-20-6-7-21(16-33)38-20)22-14-29-34(25(22)32-23)19-8-10-27(11-9-19)36-12-13-37-27/h2-9,16,24-25H,10-15,17-19H2,1H3,(H2,36,37,44);2-5,14,19-21H,6-13,15-16H2,1H3,(H2,28,30,35)/t24-,25+;20-,21+. The maximum Gasteiger partial charge on any atom is 0.408 e. The molecule has 436 valence electrons. The van der Waals surface area contributed by atoms with Gasteiger partial charge in [0.1, 0.15) is 18.2 Å². The molecule has 0 unspecified atom stereocenters. The van der Waals surface area contributed by atoms with E-state index in [9.17, 15) is 22.8 Å². The van der Waals surface area contributed by atoms with E-state index in [-0.39, 0.29) is 48.0 Å². The first-order valence-corrected chi connectivity index (χ1v) is 28.7. The van der Waals surface area contributed by atoms with Crippen LogP contribution in [0, 0.1) is 0 Å². The highest BCUT2D eigenvalue weighted by Crippen LogP contribution is 2.43. The Labute approximate surface area is 477 Å². The number of nitrogens with one attached hydrogen (secondary N) is 4. The number of hydrogen-bond acceptors (Lipinski definition) is 16. The molecule has 6 aliphatic heterocycles. The van der Waals surface area contributed by atoms with E-state index in [0.717, 1.165) is 123 Å². The minimum Gasteiger partial charge on any atom is -0.371 e. The van der Waals surface area contributed by atoms with Crippen molar-refractivity contribution in [1.82, 2.24) is 49.7 Å². The van der Waals surface area contributed by atoms with Gasteiger partial charge in [0.05, 0.1) is 66.8 Å². The second-order valence-electron chi connectivity index (χ2n) is 22.6. The molecular weight excluding hydrogens is 1070 g/mol. The smallest absolute Gasteiger partial charge is 0.371 e. The average molecular weight is 1140 g/mol. The Bertz CT molecular complexity index is 3430. The highest BCUT2D eigenvalue weighted by molar-refractivity contribution is 6.00. The van der Waals surface area contributed by atoms with Gasteiger partial charge in [-0.3, -0.25) is 0 Å². The molecule has 10 heterocycles. The Morgan fingerprint density at radius 2 is 1.06 bits per heavy atom. The van der Waals surface area contributed by atoms with Gasteiger partial charge < -0.3 is 59.8 Å². The lowest BCUT2D eigenvalue weighted by Gasteiger charge is -2.35. The van der Waals surface area contributed by atoms with Crippen LogP contribution in [0.15, 0.2) is 85.2 Å². The minimum absolute atomic E-state index is 0.0637. The van der Waals surface area contributed by atoms with E-state index >= 15 is 0 Å². The number of alkyl halides is 3. The van der Waals surface area contributed by atoms with Crippen LogP contribution in [0.3, 0.4) is 0 Å². The quantitative estimate of drug-likeness (QED) is 0.101. The molecule has 4 bridgehead atoms. The van der Waals surface area contributed by atoms with Crippen LogP contribution in [0.4, 0.5) is 57.1 Å². The largest absolute Gasteiger partial charge is 0.408 e. The molecule has 3 aromatic carbocycles. The molecule has 1 aliphatic carbocycles. The van der Waals surface area contributed by atoms with Crippen LogP contribution in [0.1, 0.15) is 57.4 Å². The summed E-state index contributed by atoms with van der Waals surface area (Å²) in [5, 5.41) is 21.4. The minimum atomic E-state index is -4.46. The van der Waals surface area contributed by atoms with Crippen molar-refractivity contribution in [2.24, 2.45) is 0 Å². The number of amides is 4. The lowest BCUT2D eigenvalue weighted by molar-refractivity contribution is -0.181. The molecule has 0 radical (unpaired) electrons. The zero-order valence-corrected chi connectivity index (χ0v) is 46.4. The summed E-state index contributed by atoms with van der Waals surface area (Å²) in [4.78, 5) is 52.9. The summed E-state index contributed by atoms with van der Waals surface area (Å²) >= 11 is 0. The van der Waals surface area contributed by atoms with Crippen LogP contribution < -0.4 is 36.0 Å². The van der Waals surface area contributed by atoms with Gasteiger partial charge in [-0.1, -0.05) is 0 Å². The Balaban J connectivity index is 0.000000157. The van der Waals surface area contributed by atoms with Crippen LogP contribution in [0.25, 0.3) is 44.8 Å². The third kappa shape index (κ3) is 11.9. The Morgan fingerprint density at radius 3 is 1.57 bits per heavy atom. The molecule has 4 aromatic heterocycles. The second kappa shape index (κ2) is 22.8. The number of nitrogens with zero attached hydrogens (tertiary/aromatic N) is 12. The molecule has 7 aliphatic rings.